The number of nitrogens with zero attached hydrogens (tertiary/aromatic N) is 1. The fourth-order valence-corrected chi connectivity index (χ4v) is 4.01. The first-order valence-corrected chi connectivity index (χ1v) is 9.72. The molecule has 1 aliphatic carbocycles. The summed E-state index contributed by atoms with van der Waals surface area (Å²) in [5.74, 6) is 1.63. The zero-order valence-electron chi connectivity index (χ0n) is 15.8. The first kappa shape index (κ1) is 20.3. The van der Waals surface area contributed by atoms with E-state index in [1.807, 2.05) is 0 Å². The van der Waals surface area contributed by atoms with Crippen molar-refractivity contribution in [1.29, 1.82) is 0 Å². The number of carbonyl (C=O) groups excluding carboxylic acids is 1. The van der Waals surface area contributed by atoms with Gasteiger partial charge in [-0.2, -0.15) is 0 Å². The van der Waals surface area contributed by atoms with Crippen molar-refractivity contribution in [1.82, 2.24) is 10.2 Å². The van der Waals surface area contributed by atoms with Crippen molar-refractivity contribution in [2.75, 3.05) is 19.6 Å². The molecule has 1 aromatic rings. The third-order valence-corrected chi connectivity index (χ3v) is 5.64. The number of halogens is 1. The molecule has 2 unspecified atom stereocenters. The summed E-state index contributed by atoms with van der Waals surface area (Å²) in [6.07, 6.45) is 4.29. The zero-order valence-corrected chi connectivity index (χ0v) is 16.6. The Balaban J connectivity index is 0.00000225. The molecule has 1 amide bonds. The van der Waals surface area contributed by atoms with E-state index in [1.165, 1.54) is 11.1 Å². The quantitative estimate of drug-likeness (QED) is 0.814. The summed E-state index contributed by atoms with van der Waals surface area (Å²) in [7, 11) is 0. The van der Waals surface area contributed by atoms with Gasteiger partial charge in [-0.3, -0.25) is 4.79 Å². The van der Waals surface area contributed by atoms with Gasteiger partial charge >= 0.3 is 0 Å². The number of rotatable bonds is 6. The van der Waals surface area contributed by atoms with Gasteiger partial charge < -0.3 is 10.2 Å². The Labute approximate surface area is 159 Å². The third-order valence-electron chi connectivity index (χ3n) is 5.64. The normalized spacial score (nSPS) is 23.2. The minimum absolute atomic E-state index is 0. The molecule has 1 aliphatic heterocycles. The maximum atomic E-state index is 13.1. The molecule has 1 heterocycles. The molecule has 1 aromatic carbocycles. The van der Waals surface area contributed by atoms with Crippen molar-refractivity contribution in [2.45, 2.75) is 64.3 Å². The molecule has 3 nitrogen and oxygen atoms in total. The molecule has 0 bridgehead atoms. The van der Waals surface area contributed by atoms with E-state index in [-0.39, 0.29) is 18.3 Å². The van der Waals surface area contributed by atoms with Crippen LogP contribution in [0.2, 0.25) is 0 Å². The summed E-state index contributed by atoms with van der Waals surface area (Å²) < 4.78 is 0. The minimum atomic E-state index is 0. The molecule has 140 valence electrons. The Morgan fingerprint density at radius 3 is 2.40 bits per heavy atom. The summed E-state index contributed by atoms with van der Waals surface area (Å²) in [6.45, 7) is 9.63. The molecule has 0 aromatic heterocycles. The smallest absolute Gasteiger partial charge is 0.226 e. The molecule has 1 saturated carbocycles. The lowest BCUT2D eigenvalue weighted by molar-refractivity contribution is -0.135. The second-order valence-corrected chi connectivity index (χ2v) is 7.78. The molecule has 2 fully saturated rings. The maximum absolute atomic E-state index is 13.1. The molecular weight excluding hydrogens is 332 g/mol. The monoisotopic (exact) mass is 364 g/mol. The van der Waals surface area contributed by atoms with Crippen molar-refractivity contribution in [2.24, 2.45) is 5.92 Å². The molecule has 1 saturated heterocycles. The number of nitrogens with one attached hydrogen (secondary N) is 1. The van der Waals surface area contributed by atoms with Gasteiger partial charge in [-0.15, -0.1) is 12.4 Å². The first-order chi connectivity index (χ1) is 11.6. The molecule has 1 N–H and O–H groups in total. The predicted octanol–water partition coefficient (Wildman–Crippen LogP) is 4.33. The van der Waals surface area contributed by atoms with E-state index in [0.717, 1.165) is 45.3 Å². The summed E-state index contributed by atoms with van der Waals surface area (Å²) in [4.78, 5) is 15.3. The van der Waals surface area contributed by atoms with Crippen LogP contribution in [0.4, 0.5) is 0 Å². The van der Waals surface area contributed by atoms with E-state index >= 15 is 0 Å². The Hall–Kier alpha value is -1.06. The van der Waals surface area contributed by atoms with Crippen LogP contribution in [0.5, 0.6) is 0 Å². The minimum Gasteiger partial charge on any atom is -0.339 e. The van der Waals surface area contributed by atoms with Crippen LogP contribution >= 0.6 is 12.4 Å². The van der Waals surface area contributed by atoms with Crippen molar-refractivity contribution in [3.63, 3.8) is 0 Å². The van der Waals surface area contributed by atoms with Crippen LogP contribution in [-0.2, 0) is 4.79 Å². The van der Waals surface area contributed by atoms with E-state index in [4.69, 9.17) is 0 Å². The standard InChI is InChI=1S/C21H32N2O.ClH/c1-4-13-23(18-9-11-22-12-10-18)21(24)20-14-19(20)17-7-5-16(6-8-17)15(2)3;/h5-8,15,18-20,22H,4,9-14H2,1-3H3;1H. The molecule has 4 heteroatoms. The van der Waals surface area contributed by atoms with Crippen LogP contribution in [0.1, 0.15) is 69.4 Å². The SMILES string of the molecule is CCCN(C(=O)C1CC1c1ccc(C(C)C)cc1)C1CCNCC1.Cl. The molecule has 0 spiro atoms. The van der Waals surface area contributed by atoms with Gasteiger partial charge in [0.15, 0.2) is 0 Å². The molecule has 25 heavy (non-hydrogen) atoms. The van der Waals surface area contributed by atoms with Gasteiger partial charge in [-0.25, -0.2) is 0 Å². The van der Waals surface area contributed by atoms with Gasteiger partial charge in [0.2, 0.25) is 5.91 Å². The highest BCUT2D eigenvalue weighted by Gasteiger charge is 2.46. The van der Waals surface area contributed by atoms with Gasteiger partial charge in [0.1, 0.15) is 0 Å². The highest BCUT2D eigenvalue weighted by atomic mass is 35.5. The number of piperidine rings is 1. The fraction of sp³-hybridized carbons (Fsp3) is 0.667. The summed E-state index contributed by atoms with van der Waals surface area (Å²) in [5, 5.41) is 3.41. The van der Waals surface area contributed by atoms with Gasteiger partial charge in [-0.1, -0.05) is 45.0 Å². The van der Waals surface area contributed by atoms with E-state index in [0.29, 0.717) is 23.8 Å². The van der Waals surface area contributed by atoms with Gasteiger partial charge in [-0.05, 0) is 61.7 Å². The lowest BCUT2D eigenvalue weighted by Gasteiger charge is -2.35. The highest BCUT2D eigenvalue weighted by molar-refractivity contribution is 5.85. The van der Waals surface area contributed by atoms with Crippen LogP contribution in [0.3, 0.4) is 0 Å². The van der Waals surface area contributed by atoms with Crippen LogP contribution < -0.4 is 5.32 Å². The van der Waals surface area contributed by atoms with Gasteiger partial charge in [0.25, 0.3) is 0 Å². The highest BCUT2D eigenvalue weighted by Crippen LogP contribution is 2.49. The summed E-state index contributed by atoms with van der Waals surface area (Å²) >= 11 is 0. The van der Waals surface area contributed by atoms with Crippen molar-refractivity contribution in [3.8, 4) is 0 Å². The molecule has 2 aliphatic rings. The average molecular weight is 365 g/mol. The van der Waals surface area contributed by atoms with E-state index in [9.17, 15) is 4.79 Å². The second kappa shape index (κ2) is 9.05. The number of benzene rings is 1. The topological polar surface area (TPSA) is 32.3 Å². The fourth-order valence-electron chi connectivity index (χ4n) is 4.01. The molecule has 3 rings (SSSR count). The number of amides is 1. The Bertz CT molecular complexity index is 552. The van der Waals surface area contributed by atoms with E-state index in [2.05, 4.69) is 55.3 Å². The molecule has 0 radical (unpaired) electrons. The van der Waals surface area contributed by atoms with Crippen LogP contribution in [0.25, 0.3) is 0 Å². The number of carbonyl (C=O) groups is 1. The van der Waals surface area contributed by atoms with Crippen molar-refractivity contribution in [3.05, 3.63) is 35.4 Å². The Kier molecular flexibility index (Phi) is 7.33. The average Bonchev–Trinajstić information content (AvgIpc) is 3.41. The van der Waals surface area contributed by atoms with Crippen LogP contribution in [-0.4, -0.2) is 36.5 Å². The lowest BCUT2D eigenvalue weighted by Crippen LogP contribution is -2.47. The first-order valence-electron chi connectivity index (χ1n) is 9.72. The number of hydrogen-bond acceptors (Lipinski definition) is 2. The largest absolute Gasteiger partial charge is 0.339 e. The summed E-state index contributed by atoms with van der Waals surface area (Å²) in [6, 6.07) is 9.39. The van der Waals surface area contributed by atoms with Crippen LogP contribution in [0, 0.1) is 5.92 Å². The zero-order chi connectivity index (χ0) is 17.1. The van der Waals surface area contributed by atoms with E-state index in [1.54, 1.807) is 0 Å². The maximum Gasteiger partial charge on any atom is 0.226 e. The number of hydrogen-bond donors (Lipinski definition) is 1. The summed E-state index contributed by atoms with van der Waals surface area (Å²) in [5.41, 5.74) is 2.73. The van der Waals surface area contributed by atoms with Crippen molar-refractivity contribution < 1.29 is 4.79 Å². The van der Waals surface area contributed by atoms with Gasteiger partial charge in [0.05, 0.1) is 0 Å². The van der Waals surface area contributed by atoms with Gasteiger partial charge in [0, 0.05) is 18.5 Å². The molecule has 2 atom stereocenters. The lowest BCUT2D eigenvalue weighted by atomic mass is 9.99. The Morgan fingerprint density at radius 2 is 1.84 bits per heavy atom. The van der Waals surface area contributed by atoms with Crippen molar-refractivity contribution >= 4 is 18.3 Å². The van der Waals surface area contributed by atoms with Crippen LogP contribution in [0.15, 0.2) is 24.3 Å². The molecular formula is C21H33ClN2O. The predicted molar refractivity (Wildman–Crippen MR) is 107 cm³/mol. The van der Waals surface area contributed by atoms with E-state index < -0.39 is 0 Å². The second-order valence-electron chi connectivity index (χ2n) is 7.78. The Morgan fingerprint density at radius 1 is 1.20 bits per heavy atom. The third kappa shape index (κ3) is 4.77.